The second-order valence-electron chi connectivity index (χ2n) is 7.22. The van der Waals surface area contributed by atoms with E-state index >= 15 is 0 Å². The summed E-state index contributed by atoms with van der Waals surface area (Å²) in [5, 5.41) is 24.1. The molecule has 0 saturated carbocycles. The van der Waals surface area contributed by atoms with Crippen molar-refractivity contribution < 1.29 is 19.4 Å². The predicted octanol–water partition coefficient (Wildman–Crippen LogP) is 2.58. The van der Waals surface area contributed by atoms with Crippen LogP contribution in [0.25, 0.3) is 0 Å². The van der Waals surface area contributed by atoms with Gasteiger partial charge in [-0.1, -0.05) is 30.8 Å². The van der Waals surface area contributed by atoms with E-state index in [4.69, 9.17) is 4.74 Å². The molecule has 0 saturated heterocycles. The largest absolute Gasteiger partial charge is 0.497 e. The molecule has 2 aromatic carbocycles. The molecule has 0 unspecified atom stereocenters. The Labute approximate surface area is 196 Å². The highest BCUT2D eigenvalue weighted by molar-refractivity contribution is 7.99. The summed E-state index contributed by atoms with van der Waals surface area (Å²) in [7, 11) is 3.27. The Morgan fingerprint density at radius 3 is 2.42 bits per heavy atom. The minimum absolute atomic E-state index is 0.142. The van der Waals surface area contributed by atoms with Crippen molar-refractivity contribution in [3.8, 4) is 5.75 Å². The fraction of sp³-hybridized carbons (Fsp3) is 0.304. The van der Waals surface area contributed by atoms with Crippen LogP contribution in [0.2, 0.25) is 0 Å². The third-order valence-electron chi connectivity index (χ3n) is 5.00. The lowest BCUT2D eigenvalue weighted by atomic mass is 10.1. The zero-order valence-corrected chi connectivity index (χ0v) is 19.6. The number of rotatable bonds is 10. The summed E-state index contributed by atoms with van der Waals surface area (Å²) in [5.74, 6) is 0.645. The monoisotopic (exact) mass is 469 g/mol. The highest BCUT2D eigenvalue weighted by Crippen LogP contribution is 2.20. The zero-order chi connectivity index (χ0) is 23.8. The van der Waals surface area contributed by atoms with Crippen molar-refractivity contribution in [3.63, 3.8) is 0 Å². The van der Waals surface area contributed by atoms with Crippen LogP contribution in [-0.2, 0) is 18.3 Å². The van der Waals surface area contributed by atoms with Crippen molar-refractivity contribution in [3.05, 3.63) is 65.5 Å². The Balaban J connectivity index is 1.59. The second-order valence-corrected chi connectivity index (χ2v) is 8.17. The molecule has 3 N–H and O–H groups in total. The molecular formula is C23H27N5O4S. The van der Waals surface area contributed by atoms with E-state index in [1.165, 1.54) is 17.3 Å². The smallest absolute Gasteiger partial charge is 0.251 e. The summed E-state index contributed by atoms with van der Waals surface area (Å²) < 4.78 is 6.75. The summed E-state index contributed by atoms with van der Waals surface area (Å²) >= 11 is 1.22. The Kier molecular flexibility index (Phi) is 8.45. The number of hydrogen-bond donors (Lipinski definition) is 3. The molecule has 0 spiro atoms. The molecule has 1 atom stereocenters. The van der Waals surface area contributed by atoms with Crippen LogP contribution in [0.3, 0.4) is 0 Å². The highest BCUT2D eigenvalue weighted by atomic mass is 32.2. The number of amides is 2. The number of aryl methyl sites for hydroxylation is 1. The summed E-state index contributed by atoms with van der Waals surface area (Å²) in [6.07, 6.45) is 0.938. The second kappa shape index (κ2) is 11.5. The van der Waals surface area contributed by atoms with Gasteiger partial charge in [0.2, 0.25) is 5.91 Å². The predicted molar refractivity (Wildman–Crippen MR) is 126 cm³/mol. The molecule has 33 heavy (non-hydrogen) atoms. The molecular weight excluding hydrogens is 442 g/mol. The third kappa shape index (κ3) is 6.33. The number of nitrogens with one attached hydrogen (secondary N) is 2. The summed E-state index contributed by atoms with van der Waals surface area (Å²) in [6.45, 7) is 1.72. The van der Waals surface area contributed by atoms with Gasteiger partial charge in [0.1, 0.15) is 11.8 Å². The van der Waals surface area contributed by atoms with E-state index in [9.17, 15) is 14.7 Å². The van der Waals surface area contributed by atoms with Crippen molar-refractivity contribution in [1.82, 2.24) is 20.1 Å². The lowest BCUT2D eigenvalue weighted by molar-refractivity contribution is -0.113. The van der Waals surface area contributed by atoms with E-state index in [2.05, 4.69) is 27.8 Å². The molecule has 10 heteroatoms. The van der Waals surface area contributed by atoms with Gasteiger partial charge < -0.3 is 25.0 Å². The average molecular weight is 470 g/mol. The van der Waals surface area contributed by atoms with Crippen LogP contribution in [0, 0.1) is 0 Å². The number of aliphatic hydroxyl groups excluding tert-OH is 1. The van der Waals surface area contributed by atoms with Crippen molar-refractivity contribution in [2.75, 3.05) is 24.8 Å². The van der Waals surface area contributed by atoms with Crippen molar-refractivity contribution in [2.45, 2.75) is 24.5 Å². The first-order valence-corrected chi connectivity index (χ1v) is 11.4. The van der Waals surface area contributed by atoms with E-state index in [1.54, 1.807) is 43.0 Å². The molecule has 0 bridgehead atoms. The Hall–Kier alpha value is -3.37. The number of anilines is 1. The number of nitrogens with zero attached hydrogens (tertiary/aromatic N) is 3. The summed E-state index contributed by atoms with van der Waals surface area (Å²) in [4.78, 5) is 24.9. The van der Waals surface area contributed by atoms with Crippen molar-refractivity contribution in [1.29, 1.82) is 0 Å². The van der Waals surface area contributed by atoms with Gasteiger partial charge >= 0.3 is 0 Å². The lowest BCUT2D eigenvalue weighted by Gasteiger charge is -2.16. The van der Waals surface area contributed by atoms with Gasteiger partial charge in [0, 0.05) is 18.3 Å². The fourth-order valence-electron chi connectivity index (χ4n) is 3.08. The number of carbonyl (C=O) groups is 2. The molecule has 1 aromatic heterocycles. The summed E-state index contributed by atoms with van der Waals surface area (Å²) in [5.41, 5.74) is 2.36. The number of aromatic nitrogens is 3. The molecule has 174 valence electrons. The minimum Gasteiger partial charge on any atom is -0.497 e. The maximum absolute atomic E-state index is 12.6. The molecule has 1 heterocycles. The number of benzene rings is 2. The van der Waals surface area contributed by atoms with Gasteiger partial charge in [-0.3, -0.25) is 9.59 Å². The van der Waals surface area contributed by atoms with E-state index < -0.39 is 6.04 Å². The molecule has 2 amide bonds. The van der Waals surface area contributed by atoms with Gasteiger partial charge in [-0.05, 0) is 48.4 Å². The van der Waals surface area contributed by atoms with Crippen LogP contribution >= 0.6 is 11.8 Å². The van der Waals surface area contributed by atoms with Crippen LogP contribution in [-0.4, -0.2) is 51.2 Å². The molecule has 9 nitrogen and oxygen atoms in total. The molecule has 0 fully saturated rings. The molecule has 3 rings (SSSR count). The summed E-state index contributed by atoms with van der Waals surface area (Å²) in [6, 6.07) is 13.6. The van der Waals surface area contributed by atoms with Gasteiger partial charge in [-0.15, -0.1) is 10.2 Å². The van der Waals surface area contributed by atoms with Gasteiger partial charge in [0.25, 0.3) is 5.91 Å². The maximum atomic E-state index is 12.6. The quantitative estimate of drug-likeness (QED) is 0.391. The van der Waals surface area contributed by atoms with Crippen LogP contribution in [0.5, 0.6) is 5.75 Å². The number of carbonyl (C=O) groups excluding carboxylic acids is 2. The van der Waals surface area contributed by atoms with E-state index in [1.807, 2.05) is 24.3 Å². The number of thioether (sulfide) groups is 1. The van der Waals surface area contributed by atoms with E-state index in [0.29, 0.717) is 22.3 Å². The van der Waals surface area contributed by atoms with Crippen LogP contribution in [0.4, 0.5) is 5.69 Å². The lowest BCUT2D eigenvalue weighted by Crippen LogP contribution is -2.32. The van der Waals surface area contributed by atoms with Gasteiger partial charge in [-0.25, -0.2) is 0 Å². The highest BCUT2D eigenvalue weighted by Gasteiger charge is 2.22. The number of ether oxygens (including phenoxy) is 1. The first-order chi connectivity index (χ1) is 15.9. The SMILES string of the molecule is CCc1ccc(NC(=O)CSc2nnc([C@H](CO)NC(=O)c3ccc(OC)cc3)n2C)cc1. The minimum atomic E-state index is -0.752. The number of methoxy groups -OCH3 is 1. The van der Waals surface area contributed by atoms with Crippen LogP contribution in [0.15, 0.2) is 53.7 Å². The van der Waals surface area contributed by atoms with Crippen molar-refractivity contribution in [2.24, 2.45) is 7.05 Å². The molecule has 0 aliphatic carbocycles. The standard InChI is InChI=1S/C23H27N5O4S/c1-4-15-5-9-17(10-6-15)24-20(30)14-33-23-27-26-21(28(23)2)19(13-29)25-22(31)16-7-11-18(32-3)12-8-16/h5-12,19,29H,4,13-14H2,1-3H3,(H,24,30)(H,25,31)/t19-/m0/s1. The molecule has 0 aliphatic rings. The van der Waals surface area contributed by atoms with Crippen LogP contribution in [0.1, 0.15) is 34.7 Å². The van der Waals surface area contributed by atoms with Crippen LogP contribution < -0.4 is 15.4 Å². The molecule has 3 aromatic rings. The Bertz CT molecular complexity index is 1080. The average Bonchev–Trinajstić information content (AvgIpc) is 3.21. The first-order valence-electron chi connectivity index (χ1n) is 10.4. The Morgan fingerprint density at radius 2 is 1.82 bits per heavy atom. The normalized spacial score (nSPS) is 11.6. The Morgan fingerprint density at radius 1 is 1.12 bits per heavy atom. The van der Waals surface area contributed by atoms with Gasteiger partial charge in [0.05, 0.1) is 19.5 Å². The van der Waals surface area contributed by atoms with Gasteiger partial charge in [-0.2, -0.15) is 0 Å². The maximum Gasteiger partial charge on any atom is 0.251 e. The molecule has 0 radical (unpaired) electrons. The van der Waals surface area contributed by atoms with Crippen molar-refractivity contribution >= 4 is 29.3 Å². The first kappa shape index (κ1) is 24.3. The molecule has 0 aliphatic heterocycles. The van der Waals surface area contributed by atoms with E-state index in [-0.39, 0.29) is 24.2 Å². The topological polar surface area (TPSA) is 118 Å². The van der Waals surface area contributed by atoms with E-state index in [0.717, 1.165) is 12.1 Å². The zero-order valence-electron chi connectivity index (χ0n) is 18.7. The van der Waals surface area contributed by atoms with Gasteiger partial charge in [0.15, 0.2) is 11.0 Å². The number of hydrogen-bond acceptors (Lipinski definition) is 7. The number of aliphatic hydroxyl groups is 1. The third-order valence-corrected chi connectivity index (χ3v) is 6.02. The fourth-order valence-corrected chi connectivity index (χ4v) is 3.80.